The lowest BCUT2D eigenvalue weighted by molar-refractivity contribution is -0.0605. The van der Waals surface area contributed by atoms with Crippen LogP contribution in [0.5, 0.6) is 0 Å². The number of aromatic nitrogens is 2. The van der Waals surface area contributed by atoms with E-state index in [1.165, 1.54) is 4.31 Å². The molecule has 3 atom stereocenters. The van der Waals surface area contributed by atoms with Crippen molar-refractivity contribution in [1.29, 1.82) is 0 Å². The first-order chi connectivity index (χ1) is 12.3. The largest absolute Gasteiger partial charge is 0.458 e. The van der Waals surface area contributed by atoms with Crippen LogP contribution in [-0.2, 0) is 10.0 Å². The minimum absolute atomic E-state index is 0.00955. The molecule has 142 valence electrons. The molecule has 2 aromatic heterocycles. The monoisotopic (exact) mass is 379 g/mol. The Morgan fingerprint density at radius 3 is 2.96 bits per heavy atom. The van der Waals surface area contributed by atoms with E-state index < -0.39 is 15.6 Å². The molecule has 0 aromatic carbocycles. The summed E-state index contributed by atoms with van der Waals surface area (Å²) in [4.78, 5) is 0.195. The van der Waals surface area contributed by atoms with E-state index in [9.17, 15) is 13.5 Å². The van der Waals surface area contributed by atoms with Crippen molar-refractivity contribution in [2.45, 2.75) is 50.0 Å². The summed E-state index contributed by atoms with van der Waals surface area (Å²) >= 11 is 0. The summed E-state index contributed by atoms with van der Waals surface area (Å²) in [6.07, 6.45) is 4.94. The van der Waals surface area contributed by atoms with Crippen LogP contribution >= 0.6 is 0 Å². The van der Waals surface area contributed by atoms with E-state index >= 15 is 0 Å². The highest BCUT2D eigenvalue weighted by Crippen LogP contribution is 2.45. The number of furan rings is 1. The zero-order valence-corrected chi connectivity index (χ0v) is 15.9. The molecule has 4 rings (SSSR count). The first kappa shape index (κ1) is 17.8. The number of aliphatic hydroxyl groups is 1. The van der Waals surface area contributed by atoms with Crippen LogP contribution in [0, 0.1) is 18.8 Å². The average Bonchev–Trinajstić information content (AvgIpc) is 3.34. The third-order valence-corrected chi connectivity index (χ3v) is 8.09. The molecule has 1 saturated heterocycles. The zero-order chi connectivity index (χ0) is 18.5. The minimum atomic E-state index is -3.66. The molecular weight excluding hydrogens is 354 g/mol. The van der Waals surface area contributed by atoms with Gasteiger partial charge in [0.05, 0.1) is 5.60 Å². The number of aryl methyl sites for hydroxylation is 1. The average molecular weight is 379 g/mol. The molecule has 1 aliphatic heterocycles. The van der Waals surface area contributed by atoms with Gasteiger partial charge in [-0.05, 0) is 38.2 Å². The van der Waals surface area contributed by atoms with Gasteiger partial charge in [-0.2, -0.15) is 9.40 Å². The number of rotatable bonds is 4. The van der Waals surface area contributed by atoms with E-state index in [0.717, 1.165) is 19.3 Å². The van der Waals surface area contributed by atoms with Crippen LogP contribution in [0.15, 0.2) is 27.6 Å². The third kappa shape index (κ3) is 2.71. The highest BCUT2D eigenvalue weighted by atomic mass is 32.2. The lowest BCUT2D eigenvalue weighted by Crippen LogP contribution is -2.44. The molecule has 2 unspecified atom stereocenters. The standard InChI is InChI=1S/C18H25N3O4S/c1-3-18(22)7-4-5-13-10-21(11-14(13)18)26(23,24)17-9-16(25-12(17)2)15-6-8-19-20-15/h6,8-9,13-14,22H,3-5,7,10-11H2,1-2H3,(H,19,20)/t13?,14?,18-/m1/s1. The van der Waals surface area contributed by atoms with Crippen molar-refractivity contribution >= 4 is 10.0 Å². The van der Waals surface area contributed by atoms with Gasteiger partial charge in [0.1, 0.15) is 16.3 Å². The van der Waals surface area contributed by atoms with Crippen molar-refractivity contribution in [3.8, 4) is 11.5 Å². The van der Waals surface area contributed by atoms with Gasteiger partial charge in [0, 0.05) is 31.3 Å². The Morgan fingerprint density at radius 2 is 2.27 bits per heavy atom. The first-order valence-electron chi connectivity index (χ1n) is 9.18. The van der Waals surface area contributed by atoms with Gasteiger partial charge in [0.25, 0.3) is 0 Å². The fraction of sp³-hybridized carbons (Fsp3) is 0.611. The molecule has 0 radical (unpaired) electrons. The SMILES string of the molecule is CC[C@@]1(O)CCCC2CN(S(=O)(=O)c3cc(-c4ccn[nH]4)oc3C)CC21. The summed E-state index contributed by atoms with van der Waals surface area (Å²) in [7, 11) is -3.66. The summed E-state index contributed by atoms with van der Waals surface area (Å²) in [5.74, 6) is 1.06. The molecule has 1 saturated carbocycles. The Morgan fingerprint density at radius 1 is 1.46 bits per heavy atom. The Kier molecular flexibility index (Phi) is 4.24. The molecule has 1 aliphatic carbocycles. The Bertz CT molecular complexity index is 890. The molecule has 0 amide bonds. The van der Waals surface area contributed by atoms with Crippen LogP contribution in [-0.4, -0.2) is 46.7 Å². The van der Waals surface area contributed by atoms with Gasteiger partial charge in [-0.25, -0.2) is 8.42 Å². The molecule has 0 spiro atoms. The first-order valence-corrected chi connectivity index (χ1v) is 10.6. The summed E-state index contributed by atoms with van der Waals surface area (Å²) in [5.41, 5.74) is -0.107. The topological polar surface area (TPSA) is 99.4 Å². The smallest absolute Gasteiger partial charge is 0.246 e. The summed E-state index contributed by atoms with van der Waals surface area (Å²) in [6.45, 7) is 4.50. The van der Waals surface area contributed by atoms with Crippen LogP contribution in [0.4, 0.5) is 0 Å². The normalized spacial score (nSPS) is 29.8. The van der Waals surface area contributed by atoms with Crippen molar-refractivity contribution in [3.05, 3.63) is 24.1 Å². The van der Waals surface area contributed by atoms with E-state index in [0.29, 0.717) is 36.7 Å². The maximum absolute atomic E-state index is 13.2. The Hall–Kier alpha value is -1.64. The van der Waals surface area contributed by atoms with Crippen LogP contribution < -0.4 is 0 Å². The van der Waals surface area contributed by atoms with Gasteiger partial charge >= 0.3 is 0 Å². The van der Waals surface area contributed by atoms with E-state index in [-0.39, 0.29) is 16.7 Å². The molecule has 26 heavy (non-hydrogen) atoms. The lowest BCUT2D eigenvalue weighted by atomic mass is 9.69. The van der Waals surface area contributed by atoms with Crippen LogP contribution in [0.2, 0.25) is 0 Å². The van der Waals surface area contributed by atoms with Gasteiger partial charge in [-0.3, -0.25) is 5.10 Å². The lowest BCUT2D eigenvalue weighted by Gasteiger charge is -2.40. The van der Waals surface area contributed by atoms with Crippen molar-refractivity contribution in [3.63, 3.8) is 0 Å². The maximum Gasteiger partial charge on any atom is 0.246 e. The Labute approximate surface area is 153 Å². The van der Waals surface area contributed by atoms with Crippen molar-refractivity contribution in [1.82, 2.24) is 14.5 Å². The number of sulfonamides is 1. The molecule has 8 heteroatoms. The number of nitrogens with one attached hydrogen (secondary N) is 1. The number of nitrogens with zero attached hydrogens (tertiary/aromatic N) is 2. The summed E-state index contributed by atoms with van der Waals surface area (Å²) in [6, 6.07) is 3.30. The van der Waals surface area contributed by atoms with Gasteiger partial charge in [-0.1, -0.05) is 13.3 Å². The second-order valence-electron chi connectivity index (χ2n) is 7.54. The molecule has 2 N–H and O–H groups in total. The van der Waals surface area contributed by atoms with E-state index in [2.05, 4.69) is 10.2 Å². The molecule has 7 nitrogen and oxygen atoms in total. The quantitative estimate of drug-likeness (QED) is 0.850. The number of hydrogen-bond donors (Lipinski definition) is 2. The van der Waals surface area contributed by atoms with Gasteiger partial charge in [0.15, 0.2) is 5.76 Å². The van der Waals surface area contributed by atoms with Crippen molar-refractivity contribution in [2.75, 3.05) is 13.1 Å². The molecule has 2 fully saturated rings. The summed E-state index contributed by atoms with van der Waals surface area (Å²) in [5, 5.41) is 17.6. The predicted molar refractivity (Wildman–Crippen MR) is 95.9 cm³/mol. The highest BCUT2D eigenvalue weighted by Gasteiger charge is 2.50. The van der Waals surface area contributed by atoms with E-state index in [1.54, 1.807) is 25.3 Å². The predicted octanol–water partition coefficient (Wildman–Crippen LogP) is 2.54. The van der Waals surface area contributed by atoms with Gasteiger partial charge < -0.3 is 9.52 Å². The molecule has 2 aliphatic rings. The van der Waals surface area contributed by atoms with Crippen molar-refractivity contribution in [2.24, 2.45) is 11.8 Å². The molecule has 3 heterocycles. The molecular formula is C18H25N3O4S. The van der Waals surface area contributed by atoms with Gasteiger partial charge in [-0.15, -0.1) is 0 Å². The zero-order valence-electron chi connectivity index (χ0n) is 15.1. The van der Waals surface area contributed by atoms with Crippen LogP contribution in [0.25, 0.3) is 11.5 Å². The fourth-order valence-electron chi connectivity index (χ4n) is 4.61. The fourth-order valence-corrected chi connectivity index (χ4v) is 6.29. The number of H-pyrrole nitrogens is 1. The van der Waals surface area contributed by atoms with Gasteiger partial charge in [0.2, 0.25) is 10.0 Å². The number of hydrogen-bond acceptors (Lipinski definition) is 5. The molecule has 2 aromatic rings. The second kappa shape index (κ2) is 6.21. The van der Waals surface area contributed by atoms with Crippen molar-refractivity contribution < 1.29 is 17.9 Å². The third-order valence-electron chi connectivity index (χ3n) is 6.15. The maximum atomic E-state index is 13.2. The minimum Gasteiger partial charge on any atom is -0.458 e. The van der Waals surface area contributed by atoms with E-state index in [1.807, 2.05) is 6.92 Å². The number of aromatic amines is 1. The number of fused-ring (bicyclic) bond motifs is 1. The van der Waals surface area contributed by atoms with Crippen LogP contribution in [0.1, 0.15) is 38.4 Å². The molecule has 0 bridgehead atoms. The second-order valence-corrected chi connectivity index (χ2v) is 9.45. The van der Waals surface area contributed by atoms with Crippen LogP contribution in [0.3, 0.4) is 0 Å². The highest BCUT2D eigenvalue weighted by molar-refractivity contribution is 7.89. The Balaban J connectivity index is 1.64. The van der Waals surface area contributed by atoms with E-state index in [4.69, 9.17) is 4.42 Å². The summed E-state index contributed by atoms with van der Waals surface area (Å²) < 4.78 is 33.7.